The summed E-state index contributed by atoms with van der Waals surface area (Å²) < 4.78 is 29.3. The summed E-state index contributed by atoms with van der Waals surface area (Å²) in [6, 6.07) is 22.1. The van der Waals surface area contributed by atoms with Crippen LogP contribution in [0.1, 0.15) is 50.3 Å². The Kier molecular flexibility index (Phi) is 7.66. The Hall–Kier alpha value is -3.75. The van der Waals surface area contributed by atoms with E-state index in [-0.39, 0.29) is 19.1 Å². The van der Waals surface area contributed by atoms with Crippen LogP contribution in [0.4, 0.5) is 4.79 Å². The number of rotatable bonds is 8. The van der Waals surface area contributed by atoms with Crippen LogP contribution >= 0.6 is 0 Å². The van der Waals surface area contributed by atoms with E-state index in [0.717, 1.165) is 11.0 Å². The number of nitrogens with one attached hydrogen (secondary N) is 1. The topological polar surface area (TPSA) is 75.3 Å². The standard InChI is InChI=1S/C32H36BNO6/c1-31(2)32(3,4)40-33(39-31)22(15-21-16-23(36-5)18-24(17-21)37-6)19-34-30(35)38-20-29-27-13-9-7-11-25(27)26-12-8-10-14-28(26)29/h7-18,29H,19-20H2,1-6H3,(H,34,35). The summed E-state index contributed by atoms with van der Waals surface area (Å²) in [6.07, 6.45) is 1.42. The average molecular weight is 541 g/mol. The van der Waals surface area contributed by atoms with E-state index in [0.29, 0.717) is 11.5 Å². The first-order chi connectivity index (χ1) is 19.1. The van der Waals surface area contributed by atoms with Gasteiger partial charge in [0.25, 0.3) is 0 Å². The molecule has 0 bridgehead atoms. The number of carbonyl (C=O) groups is 1. The third-order valence-electron chi connectivity index (χ3n) is 8.06. The zero-order valence-corrected chi connectivity index (χ0v) is 23.9. The van der Waals surface area contributed by atoms with Crippen molar-refractivity contribution in [2.24, 2.45) is 0 Å². The van der Waals surface area contributed by atoms with Crippen LogP contribution in [0.15, 0.2) is 72.2 Å². The summed E-state index contributed by atoms with van der Waals surface area (Å²) in [7, 11) is 2.56. The van der Waals surface area contributed by atoms with Crippen LogP contribution in [0.25, 0.3) is 17.2 Å². The predicted octanol–water partition coefficient (Wildman–Crippen LogP) is 6.26. The largest absolute Gasteiger partial charge is 0.497 e. The first kappa shape index (κ1) is 27.8. The van der Waals surface area contributed by atoms with Crippen molar-refractivity contribution in [2.45, 2.75) is 44.8 Å². The van der Waals surface area contributed by atoms with Crippen LogP contribution in [0, 0.1) is 0 Å². The van der Waals surface area contributed by atoms with E-state index in [9.17, 15) is 4.79 Å². The van der Waals surface area contributed by atoms with Gasteiger partial charge < -0.3 is 28.8 Å². The quantitative estimate of drug-likeness (QED) is 0.340. The Morgan fingerprint density at radius 1 is 0.875 bits per heavy atom. The Bertz CT molecular complexity index is 1350. The number of hydrogen-bond acceptors (Lipinski definition) is 6. The van der Waals surface area contributed by atoms with Crippen molar-refractivity contribution in [1.29, 1.82) is 0 Å². The van der Waals surface area contributed by atoms with Gasteiger partial charge in [0.2, 0.25) is 0 Å². The first-order valence-corrected chi connectivity index (χ1v) is 13.5. The van der Waals surface area contributed by atoms with Gasteiger partial charge in [-0.15, -0.1) is 0 Å². The lowest BCUT2D eigenvalue weighted by atomic mass is 9.77. The Labute approximate surface area is 236 Å². The summed E-state index contributed by atoms with van der Waals surface area (Å²) in [6.45, 7) is 8.40. The van der Waals surface area contributed by atoms with Crippen molar-refractivity contribution in [3.8, 4) is 22.6 Å². The molecule has 5 rings (SSSR count). The lowest BCUT2D eigenvalue weighted by Gasteiger charge is -2.32. The van der Waals surface area contributed by atoms with Gasteiger partial charge in [-0.2, -0.15) is 0 Å². The van der Waals surface area contributed by atoms with E-state index in [2.05, 4.69) is 29.6 Å². The molecule has 8 heteroatoms. The monoisotopic (exact) mass is 541 g/mol. The van der Waals surface area contributed by atoms with Gasteiger partial charge >= 0.3 is 13.2 Å². The molecule has 40 heavy (non-hydrogen) atoms. The SMILES string of the molecule is COc1cc(C=C(CNC(=O)OCC2c3ccccc3-c3ccccc32)B2OC(C)(C)C(C)(C)O2)cc(OC)c1. The van der Waals surface area contributed by atoms with Crippen molar-refractivity contribution in [3.63, 3.8) is 0 Å². The fourth-order valence-corrected chi connectivity index (χ4v) is 5.15. The van der Waals surface area contributed by atoms with Crippen molar-refractivity contribution in [2.75, 3.05) is 27.4 Å². The molecule has 2 aliphatic rings. The van der Waals surface area contributed by atoms with Gasteiger partial charge in [0.15, 0.2) is 0 Å². The molecule has 0 radical (unpaired) electrons. The molecule has 7 nitrogen and oxygen atoms in total. The molecule has 0 aromatic heterocycles. The molecule has 3 aromatic rings. The molecule has 1 N–H and O–H groups in total. The van der Waals surface area contributed by atoms with Crippen LogP contribution in [0.5, 0.6) is 11.5 Å². The highest BCUT2D eigenvalue weighted by Crippen LogP contribution is 2.44. The van der Waals surface area contributed by atoms with Crippen LogP contribution in [-0.2, 0) is 14.0 Å². The molecule has 0 saturated carbocycles. The van der Waals surface area contributed by atoms with Gasteiger partial charge in [0.1, 0.15) is 18.1 Å². The molecule has 3 aromatic carbocycles. The van der Waals surface area contributed by atoms with Crippen molar-refractivity contribution >= 4 is 19.3 Å². The summed E-state index contributed by atoms with van der Waals surface area (Å²) in [4.78, 5) is 13.0. The highest BCUT2D eigenvalue weighted by atomic mass is 16.7. The van der Waals surface area contributed by atoms with Crippen molar-refractivity contribution in [1.82, 2.24) is 5.32 Å². The summed E-state index contributed by atoms with van der Waals surface area (Å²) in [5.74, 6) is 1.30. The first-order valence-electron chi connectivity index (χ1n) is 13.5. The van der Waals surface area contributed by atoms with Gasteiger partial charge in [-0.1, -0.05) is 54.6 Å². The maximum absolute atomic E-state index is 13.0. The van der Waals surface area contributed by atoms with Crippen LogP contribution < -0.4 is 14.8 Å². The minimum atomic E-state index is -0.656. The minimum absolute atomic E-state index is 0.0134. The maximum atomic E-state index is 13.0. The highest BCUT2D eigenvalue weighted by Gasteiger charge is 2.52. The van der Waals surface area contributed by atoms with E-state index in [4.69, 9.17) is 23.5 Å². The average Bonchev–Trinajstić information content (AvgIpc) is 3.38. The molecule has 0 atom stereocenters. The van der Waals surface area contributed by atoms with Gasteiger partial charge in [0.05, 0.1) is 25.4 Å². The third kappa shape index (κ3) is 5.47. The normalized spacial score (nSPS) is 17.2. The molecule has 0 spiro atoms. The third-order valence-corrected chi connectivity index (χ3v) is 8.06. The molecule has 1 fully saturated rings. The fraction of sp³-hybridized carbons (Fsp3) is 0.344. The number of alkyl carbamates (subject to hydrolysis) is 1. The number of fused-ring (bicyclic) bond motifs is 3. The number of methoxy groups -OCH3 is 2. The van der Waals surface area contributed by atoms with E-state index in [1.807, 2.05) is 70.2 Å². The molecule has 1 amide bonds. The number of ether oxygens (including phenoxy) is 3. The zero-order valence-electron chi connectivity index (χ0n) is 23.9. The molecular formula is C32H36BNO6. The zero-order chi connectivity index (χ0) is 28.5. The number of hydrogen-bond donors (Lipinski definition) is 1. The number of benzene rings is 3. The molecule has 1 aliphatic carbocycles. The minimum Gasteiger partial charge on any atom is -0.497 e. The second-order valence-electron chi connectivity index (χ2n) is 11.1. The molecule has 208 valence electrons. The van der Waals surface area contributed by atoms with Crippen molar-refractivity contribution in [3.05, 3.63) is 88.9 Å². The number of carbonyl (C=O) groups excluding carboxylic acids is 1. The molecule has 0 unspecified atom stereocenters. The van der Waals surface area contributed by atoms with Gasteiger partial charge in [-0.05, 0) is 73.1 Å². The van der Waals surface area contributed by atoms with E-state index in [1.165, 1.54) is 22.3 Å². The van der Waals surface area contributed by atoms with Gasteiger partial charge in [0, 0.05) is 18.5 Å². The second kappa shape index (κ2) is 11.0. The van der Waals surface area contributed by atoms with E-state index in [1.54, 1.807) is 20.3 Å². The van der Waals surface area contributed by atoms with E-state index < -0.39 is 24.4 Å². The van der Waals surface area contributed by atoms with Crippen LogP contribution in [0.2, 0.25) is 0 Å². The molecule has 1 saturated heterocycles. The molecule has 1 heterocycles. The molecule has 1 aliphatic heterocycles. The van der Waals surface area contributed by atoms with Crippen molar-refractivity contribution < 1.29 is 28.3 Å². The fourth-order valence-electron chi connectivity index (χ4n) is 5.15. The Morgan fingerprint density at radius 3 is 1.93 bits per heavy atom. The van der Waals surface area contributed by atoms with E-state index >= 15 is 0 Å². The van der Waals surface area contributed by atoms with Crippen LogP contribution in [0.3, 0.4) is 0 Å². The van der Waals surface area contributed by atoms with Crippen LogP contribution in [-0.4, -0.2) is 51.8 Å². The lowest BCUT2D eigenvalue weighted by molar-refractivity contribution is 0.00578. The highest BCUT2D eigenvalue weighted by molar-refractivity contribution is 6.56. The smallest absolute Gasteiger partial charge is 0.492 e. The molecular weight excluding hydrogens is 505 g/mol. The van der Waals surface area contributed by atoms with Gasteiger partial charge in [-0.3, -0.25) is 0 Å². The van der Waals surface area contributed by atoms with Gasteiger partial charge in [-0.25, -0.2) is 4.79 Å². The number of amides is 1. The predicted molar refractivity (Wildman–Crippen MR) is 157 cm³/mol. The summed E-state index contributed by atoms with van der Waals surface area (Å²) >= 11 is 0. The Morgan fingerprint density at radius 2 is 1.40 bits per heavy atom. The second-order valence-corrected chi connectivity index (χ2v) is 11.1. The Balaban J connectivity index is 1.33. The maximum Gasteiger partial charge on any atom is 0.492 e. The summed E-state index contributed by atoms with van der Waals surface area (Å²) in [5, 5.41) is 2.91. The summed E-state index contributed by atoms with van der Waals surface area (Å²) in [5.41, 5.74) is 5.21. The lowest BCUT2D eigenvalue weighted by Crippen LogP contribution is -2.41.